The first kappa shape index (κ1) is 17.8. The molecule has 0 aromatic carbocycles. The predicted molar refractivity (Wildman–Crippen MR) is 71.6 cm³/mol. The number of carbonyl (C=O) groups is 1. The summed E-state index contributed by atoms with van der Waals surface area (Å²) in [5.74, 6) is 0.821. The highest BCUT2D eigenvalue weighted by atomic mass is 16.1. The van der Waals surface area contributed by atoms with Gasteiger partial charge >= 0.3 is 0 Å². The topological polar surface area (TPSA) is 32.3 Å². The van der Waals surface area contributed by atoms with Gasteiger partial charge < -0.3 is 10.2 Å². The molecule has 0 atom stereocenters. The van der Waals surface area contributed by atoms with E-state index in [0.29, 0.717) is 6.04 Å². The van der Waals surface area contributed by atoms with Gasteiger partial charge in [-0.05, 0) is 25.8 Å². The Bertz CT molecular complexity index is 141. The van der Waals surface area contributed by atoms with Crippen LogP contribution in [0.5, 0.6) is 0 Å². The molecule has 1 amide bonds. The molecule has 0 bridgehead atoms. The molecule has 3 nitrogen and oxygen atoms in total. The van der Waals surface area contributed by atoms with Crippen LogP contribution in [0.1, 0.15) is 47.5 Å². The zero-order valence-electron chi connectivity index (χ0n) is 11.9. The molecule has 0 spiro atoms. The second-order valence-electron chi connectivity index (χ2n) is 4.27. The Morgan fingerprint density at radius 1 is 1.25 bits per heavy atom. The zero-order valence-corrected chi connectivity index (χ0v) is 11.9. The summed E-state index contributed by atoms with van der Waals surface area (Å²) >= 11 is 0. The lowest BCUT2D eigenvalue weighted by Gasteiger charge is -2.26. The number of hydrogen-bond donors (Lipinski definition) is 1. The molecule has 1 N–H and O–H groups in total. The van der Waals surface area contributed by atoms with Gasteiger partial charge in [0.1, 0.15) is 0 Å². The van der Waals surface area contributed by atoms with Crippen molar-refractivity contribution in [1.29, 1.82) is 0 Å². The lowest BCUT2D eigenvalue weighted by molar-refractivity contribution is -0.119. The third-order valence-electron chi connectivity index (χ3n) is 2.54. The van der Waals surface area contributed by atoms with Gasteiger partial charge in [-0.3, -0.25) is 4.79 Å². The van der Waals surface area contributed by atoms with Gasteiger partial charge in [0.2, 0.25) is 6.41 Å². The zero-order chi connectivity index (χ0) is 13.0. The van der Waals surface area contributed by atoms with Crippen LogP contribution >= 0.6 is 0 Å². The number of piperidine rings is 1. The summed E-state index contributed by atoms with van der Waals surface area (Å²) in [5.41, 5.74) is 0. The Hall–Kier alpha value is -0.570. The highest BCUT2D eigenvalue weighted by Gasteiger charge is 2.12. The molecule has 1 fully saturated rings. The van der Waals surface area contributed by atoms with Gasteiger partial charge in [0, 0.05) is 19.1 Å². The first-order valence-electron chi connectivity index (χ1n) is 6.46. The minimum absolute atomic E-state index is 0.634. The molecular formula is C13H30N2O. The minimum Gasteiger partial charge on any atom is -0.345 e. The smallest absolute Gasteiger partial charge is 0.209 e. The Labute approximate surface area is 102 Å². The predicted octanol–water partition coefficient (Wildman–Crippen LogP) is 2.52. The fourth-order valence-corrected chi connectivity index (χ4v) is 1.13. The van der Waals surface area contributed by atoms with E-state index < -0.39 is 0 Å². The second-order valence-corrected chi connectivity index (χ2v) is 4.27. The lowest BCUT2D eigenvalue weighted by Crippen LogP contribution is -2.31. The van der Waals surface area contributed by atoms with Crippen molar-refractivity contribution in [2.75, 3.05) is 20.1 Å². The maximum Gasteiger partial charge on any atom is 0.209 e. The van der Waals surface area contributed by atoms with Gasteiger partial charge in [0.05, 0.1) is 0 Å². The molecule has 0 radical (unpaired) electrons. The SMILES string of the molecule is CC.CC1CCN(C=O)CC1.CNC(C)C. The second kappa shape index (κ2) is 12.5. The number of amides is 1. The molecule has 0 unspecified atom stereocenters. The average Bonchev–Trinajstić information content (AvgIpc) is 2.33. The maximum absolute atomic E-state index is 10.2. The fraction of sp³-hybridized carbons (Fsp3) is 0.923. The van der Waals surface area contributed by atoms with Crippen LogP contribution in [-0.2, 0) is 4.79 Å². The Morgan fingerprint density at radius 2 is 1.62 bits per heavy atom. The molecule has 0 aliphatic carbocycles. The van der Waals surface area contributed by atoms with Gasteiger partial charge in [0.15, 0.2) is 0 Å². The first-order valence-corrected chi connectivity index (χ1v) is 6.46. The molecule has 16 heavy (non-hydrogen) atoms. The van der Waals surface area contributed by atoms with Crippen LogP contribution in [0.15, 0.2) is 0 Å². The molecule has 1 aliphatic rings. The highest BCUT2D eigenvalue weighted by Crippen LogP contribution is 2.13. The quantitative estimate of drug-likeness (QED) is 0.739. The molecule has 0 aromatic heterocycles. The van der Waals surface area contributed by atoms with Crippen LogP contribution in [-0.4, -0.2) is 37.5 Å². The van der Waals surface area contributed by atoms with Crippen molar-refractivity contribution in [1.82, 2.24) is 10.2 Å². The van der Waals surface area contributed by atoms with Crippen LogP contribution in [0.3, 0.4) is 0 Å². The van der Waals surface area contributed by atoms with E-state index in [1.54, 1.807) is 0 Å². The molecule has 1 heterocycles. The van der Waals surface area contributed by atoms with Crippen LogP contribution in [0.4, 0.5) is 0 Å². The molecule has 1 saturated heterocycles. The number of likely N-dealkylation sites (tertiary alicyclic amines) is 1. The standard InChI is InChI=1S/C7H13NO.C4H11N.C2H6/c1-7-2-4-8(6-9)5-3-7;1-4(2)5-3;1-2/h6-7H,2-5H2,1H3;4-5H,1-3H3;1-2H3. The maximum atomic E-state index is 10.2. The van der Waals surface area contributed by atoms with Crippen molar-refractivity contribution in [3.8, 4) is 0 Å². The number of nitrogens with zero attached hydrogens (tertiary/aromatic N) is 1. The van der Waals surface area contributed by atoms with Gasteiger partial charge in [0.25, 0.3) is 0 Å². The molecule has 0 saturated carbocycles. The van der Waals surface area contributed by atoms with E-state index in [9.17, 15) is 4.79 Å². The molecular weight excluding hydrogens is 200 g/mol. The third-order valence-corrected chi connectivity index (χ3v) is 2.54. The van der Waals surface area contributed by atoms with E-state index in [0.717, 1.165) is 25.4 Å². The molecule has 1 aliphatic heterocycles. The number of carbonyl (C=O) groups excluding carboxylic acids is 1. The van der Waals surface area contributed by atoms with E-state index in [4.69, 9.17) is 0 Å². The van der Waals surface area contributed by atoms with Crippen LogP contribution in [0.2, 0.25) is 0 Å². The Morgan fingerprint density at radius 3 is 1.88 bits per heavy atom. The van der Waals surface area contributed by atoms with Crippen LogP contribution in [0, 0.1) is 5.92 Å². The third kappa shape index (κ3) is 11.5. The van der Waals surface area contributed by atoms with Gasteiger partial charge in [-0.1, -0.05) is 34.6 Å². The molecule has 3 heteroatoms. The van der Waals surface area contributed by atoms with Crippen LogP contribution < -0.4 is 5.32 Å². The lowest BCUT2D eigenvalue weighted by atomic mass is 10.00. The number of hydrogen-bond acceptors (Lipinski definition) is 2. The molecule has 1 rings (SSSR count). The van der Waals surface area contributed by atoms with E-state index in [1.807, 2.05) is 25.8 Å². The van der Waals surface area contributed by atoms with Gasteiger partial charge in [-0.2, -0.15) is 0 Å². The summed E-state index contributed by atoms with van der Waals surface area (Å²) < 4.78 is 0. The van der Waals surface area contributed by atoms with Gasteiger partial charge in [-0.15, -0.1) is 0 Å². The average molecular weight is 230 g/mol. The Balaban J connectivity index is 0. The highest BCUT2D eigenvalue weighted by molar-refractivity contribution is 5.46. The van der Waals surface area contributed by atoms with E-state index in [-0.39, 0.29) is 0 Å². The summed E-state index contributed by atoms with van der Waals surface area (Å²) in [6.07, 6.45) is 3.31. The normalized spacial score (nSPS) is 15.8. The fourth-order valence-electron chi connectivity index (χ4n) is 1.13. The van der Waals surface area contributed by atoms with Crippen molar-refractivity contribution < 1.29 is 4.79 Å². The van der Waals surface area contributed by atoms with Crippen molar-refractivity contribution in [3.63, 3.8) is 0 Å². The summed E-state index contributed by atoms with van der Waals surface area (Å²) in [4.78, 5) is 12.0. The molecule has 98 valence electrons. The van der Waals surface area contributed by atoms with Crippen molar-refractivity contribution in [3.05, 3.63) is 0 Å². The van der Waals surface area contributed by atoms with Crippen molar-refractivity contribution in [2.24, 2.45) is 5.92 Å². The van der Waals surface area contributed by atoms with E-state index >= 15 is 0 Å². The van der Waals surface area contributed by atoms with E-state index in [1.165, 1.54) is 12.8 Å². The number of rotatable bonds is 2. The molecule has 0 aromatic rings. The monoisotopic (exact) mass is 230 g/mol. The summed E-state index contributed by atoms with van der Waals surface area (Å²) in [7, 11) is 1.95. The van der Waals surface area contributed by atoms with Crippen LogP contribution in [0.25, 0.3) is 0 Å². The number of nitrogens with one attached hydrogen (secondary N) is 1. The first-order chi connectivity index (χ1) is 7.60. The summed E-state index contributed by atoms with van der Waals surface area (Å²) in [6.45, 7) is 12.4. The summed E-state index contributed by atoms with van der Waals surface area (Å²) in [6, 6.07) is 0.634. The van der Waals surface area contributed by atoms with Gasteiger partial charge in [-0.25, -0.2) is 0 Å². The summed E-state index contributed by atoms with van der Waals surface area (Å²) in [5, 5.41) is 3.03. The Kier molecular flexibility index (Phi) is 13.9. The van der Waals surface area contributed by atoms with E-state index in [2.05, 4.69) is 26.1 Å². The van der Waals surface area contributed by atoms with Crippen molar-refractivity contribution >= 4 is 6.41 Å². The minimum atomic E-state index is 0.634. The largest absolute Gasteiger partial charge is 0.345 e. The van der Waals surface area contributed by atoms with Crippen molar-refractivity contribution in [2.45, 2.75) is 53.5 Å².